The van der Waals surface area contributed by atoms with E-state index < -0.39 is 0 Å². The number of ether oxygens (including phenoxy) is 2. The Morgan fingerprint density at radius 2 is 2.15 bits per heavy atom. The molecule has 0 amide bonds. The molecule has 1 N–H and O–H groups in total. The Labute approximate surface area is 160 Å². The van der Waals surface area contributed by atoms with Crippen molar-refractivity contribution in [1.82, 2.24) is 10.2 Å². The monoisotopic (exact) mass is 383 g/mol. The number of methoxy groups -OCH3 is 1. The molecule has 0 radical (unpaired) electrons. The zero-order valence-corrected chi connectivity index (χ0v) is 17.0. The molecule has 0 atom stereocenters. The maximum Gasteiger partial charge on any atom is 0.193 e. The molecule has 0 spiro atoms. The van der Waals surface area contributed by atoms with Crippen LogP contribution in [0.4, 0.5) is 4.39 Å². The minimum Gasteiger partial charge on any atom is -0.494 e. The van der Waals surface area contributed by atoms with Gasteiger partial charge in [0.15, 0.2) is 17.5 Å². The average Bonchev–Trinajstić information content (AvgIpc) is 2.63. The van der Waals surface area contributed by atoms with Crippen LogP contribution in [0.1, 0.15) is 25.3 Å². The lowest BCUT2D eigenvalue weighted by molar-refractivity contribution is 0.0780. The molecule has 1 aliphatic heterocycles. The molecule has 26 heavy (non-hydrogen) atoms. The summed E-state index contributed by atoms with van der Waals surface area (Å²) in [6.07, 6.45) is 2.09. The number of rotatable bonds is 7. The number of guanidine groups is 1. The van der Waals surface area contributed by atoms with Crippen molar-refractivity contribution >= 4 is 17.7 Å². The molecule has 0 aliphatic carbocycles. The highest BCUT2D eigenvalue weighted by molar-refractivity contribution is 8.00. The number of hydrogen-bond acceptors (Lipinski definition) is 4. The van der Waals surface area contributed by atoms with Crippen molar-refractivity contribution in [3.63, 3.8) is 0 Å². The Balaban J connectivity index is 1.97. The van der Waals surface area contributed by atoms with Crippen LogP contribution in [0.5, 0.6) is 5.75 Å². The van der Waals surface area contributed by atoms with Gasteiger partial charge in [-0.05, 0) is 36.3 Å². The largest absolute Gasteiger partial charge is 0.494 e. The molecule has 5 nitrogen and oxygen atoms in total. The van der Waals surface area contributed by atoms with Gasteiger partial charge in [0.25, 0.3) is 0 Å². The van der Waals surface area contributed by atoms with Gasteiger partial charge in [0.2, 0.25) is 0 Å². The lowest BCUT2D eigenvalue weighted by Gasteiger charge is -2.37. The van der Waals surface area contributed by atoms with Gasteiger partial charge >= 0.3 is 0 Å². The van der Waals surface area contributed by atoms with E-state index in [2.05, 4.69) is 17.2 Å². The highest BCUT2D eigenvalue weighted by Crippen LogP contribution is 2.34. The molecule has 0 unspecified atom stereocenters. The van der Waals surface area contributed by atoms with Crippen LogP contribution in [-0.2, 0) is 11.3 Å². The van der Waals surface area contributed by atoms with Crippen LogP contribution < -0.4 is 10.1 Å². The summed E-state index contributed by atoms with van der Waals surface area (Å²) >= 11 is 1.99. The highest BCUT2D eigenvalue weighted by atomic mass is 32.2. The fourth-order valence-electron chi connectivity index (χ4n) is 3.20. The first-order valence-electron chi connectivity index (χ1n) is 8.99. The van der Waals surface area contributed by atoms with Crippen molar-refractivity contribution in [2.75, 3.05) is 46.7 Å². The molecular formula is C19H30FN3O2S. The molecule has 1 aromatic rings. The molecule has 1 fully saturated rings. The minimum absolute atomic E-state index is 0.190. The second kappa shape index (κ2) is 10.0. The molecule has 0 aromatic heterocycles. The van der Waals surface area contributed by atoms with Crippen LogP contribution in [0.3, 0.4) is 0 Å². The smallest absolute Gasteiger partial charge is 0.193 e. The predicted octanol–water partition coefficient (Wildman–Crippen LogP) is 3.14. The molecule has 7 heteroatoms. The Morgan fingerprint density at radius 3 is 2.73 bits per heavy atom. The van der Waals surface area contributed by atoms with Crippen LogP contribution in [0.2, 0.25) is 0 Å². The second-order valence-corrected chi connectivity index (χ2v) is 8.19. The third-order valence-corrected chi connectivity index (χ3v) is 6.09. The summed E-state index contributed by atoms with van der Waals surface area (Å²) in [7, 11) is 5.20. The van der Waals surface area contributed by atoms with E-state index in [0.29, 0.717) is 6.54 Å². The summed E-state index contributed by atoms with van der Waals surface area (Å²) in [5.74, 6) is 1.81. The van der Waals surface area contributed by atoms with Crippen LogP contribution >= 0.6 is 11.8 Å². The van der Waals surface area contributed by atoms with E-state index in [1.807, 2.05) is 29.8 Å². The lowest BCUT2D eigenvalue weighted by Crippen LogP contribution is -2.48. The lowest BCUT2D eigenvalue weighted by atomic mass is 9.99. The topological polar surface area (TPSA) is 46.1 Å². The fraction of sp³-hybridized carbons (Fsp3) is 0.632. The summed E-state index contributed by atoms with van der Waals surface area (Å²) in [4.78, 5) is 6.39. The van der Waals surface area contributed by atoms with Gasteiger partial charge in [0.05, 0.1) is 7.11 Å². The molecular weight excluding hydrogens is 353 g/mol. The molecule has 2 rings (SSSR count). The van der Waals surface area contributed by atoms with Crippen LogP contribution in [0.15, 0.2) is 23.2 Å². The third kappa shape index (κ3) is 5.51. The quantitative estimate of drug-likeness (QED) is 0.579. The predicted molar refractivity (Wildman–Crippen MR) is 107 cm³/mol. The Kier molecular flexibility index (Phi) is 8.03. The fourth-order valence-corrected chi connectivity index (χ4v) is 4.45. The van der Waals surface area contributed by atoms with Crippen molar-refractivity contribution in [1.29, 1.82) is 0 Å². The standard InChI is InChI=1S/C19H30FN3O2S/c1-5-26-19(8-10-25-11-9-19)14-22-18(21-2)23(3)13-15-6-7-17(24-4)16(20)12-15/h6-7,12H,5,8-11,13-14H2,1-4H3,(H,21,22). The average molecular weight is 384 g/mol. The number of nitrogens with zero attached hydrogens (tertiary/aromatic N) is 2. The molecule has 146 valence electrons. The molecule has 1 heterocycles. The SMILES string of the molecule is CCSC1(CNC(=NC)N(C)Cc2ccc(OC)c(F)c2)CCOCC1. The summed E-state index contributed by atoms with van der Waals surface area (Å²) in [5, 5.41) is 3.50. The van der Waals surface area contributed by atoms with Crippen molar-refractivity contribution < 1.29 is 13.9 Å². The van der Waals surface area contributed by atoms with E-state index in [1.54, 1.807) is 13.1 Å². The van der Waals surface area contributed by atoms with E-state index in [4.69, 9.17) is 9.47 Å². The van der Waals surface area contributed by atoms with Gasteiger partial charge in [0, 0.05) is 45.1 Å². The van der Waals surface area contributed by atoms with E-state index in [9.17, 15) is 4.39 Å². The molecule has 1 aliphatic rings. The first-order chi connectivity index (χ1) is 12.5. The molecule has 1 aromatic carbocycles. The van der Waals surface area contributed by atoms with E-state index in [1.165, 1.54) is 13.2 Å². The summed E-state index contributed by atoms with van der Waals surface area (Å²) in [6.45, 7) is 5.24. The van der Waals surface area contributed by atoms with Gasteiger partial charge in [0.1, 0.15) is 0 Å². The molecule has 0 bridgehead atoms. The zero-order valence-electron chi connectivity index (χ0n) is 16.2. The first kappa shape index (κ1) is 20.8. The van der Waals surface area contributed by atoms with Crippen molar-refractivity contribution in [3.8, 4) is 5.75 Å². The summed E-state index contributed by atoms with van der Waals surface area (Å²) in [6, 6.07) is 5.04. The number of hydrogen-bond donors (Lipinski definition) is 1. The van der Waals surface area contributed by atoms with E-state index in [-0.39, 0.29) is 16.3 Å². The van der Waals surface area contributed by atoms with E-state index >= 15 is 0 Å². The summed E-state index contributed by atoms with van der Waals surface area (Å²) in [5.41, 5.74) is 0.873. The van der Waals surface area contributed by atoms with Gasteiger partial charge in [-0.2, -0.15) is 11.8 Å². The Morgan fingerprint density at radius 1 is 1.42 bits per heavy atom. The molecule has 0 saturated carbocycles. The number of halogens is 1. The Bertz CT molecular complexity index is 601. The number of benzene rings is 1. The Hall–Kier alpha value is -1.47. The van der Waals surface area contributed by atoms with Gasteiger partial charge in [-0.25, -0.2) is 4.39 Å². The first-order valence-corrected chi connectivity index (χ1v) is 9.98. The maximum absolute atomic E-state index is 13.9. The number of aliphatic imine (C=N–C) groups is 1. The zero-order chi connectivity index (χ0) is 19.0. The normalized spacial score (nSPS) is 17.0. The van der Waals surface area contributed by atoms with Crippen LogP contribution in [0.25, 0.3) is 0 Å². The van der Waals surface area contributed by atoms with Gasteiger partial charge in [-0.15, -0.1) is 0 Å². The van der Waals surface area contributed by atoms with Gasteiger partial charge in [-0.1, -0.05) is 13.0 Å². The highest BCUT2D eigenvalue weighted by Gasteiger charge is 2.33. The van der Waals surface area contributed by atoms with E-state index in [0.717, 1.165) is 49.9 Å². The van der Waals surface area contributed by atoms with Crippen LogP contribution in [-0.4, -0.2) is 62.3 Å². The number of nitrogens with one attached hydrogen (secondary N) is 1. The van der Waals surface area contributed by atoms with Gasteiger partial charge < -0.3 is 19.7 Å². The third-order valence-electron chi connectivity index (χ3n) is 4.63. The second-order valence-electron chi connectivity index (χ2n) is 6.45. The van der Waals surface area contributed by atoms with Gasteiger partial charge in [-0.3, -0.25) is 4.99 Å². The van der Waals surface area contributed by atoms with Crippen LogP contribution in [0, 0.1) is 5.82 Å². The van der Waals surface area contributed by atoms with Crippen molar-refractivity contribution in [2.45, 2.75) is 31.1 Å². The van der Waals surface area contributed by atoms with Crippen molar-refractivity contribution in [3.05, 3.63) is 29.6 Å². The molecule has 1 saturated heterocycles. The summed E-state index contributed by atoms with van der Waals surface area (Å²) < 4.78 is 24.6. The minimum atomic E-state index is -0.346. The maximum atomic E-state index is 13.9. The number of thioether (sulfide) groups is 1. The van der Waals surface area contributed by atoms with Crippen molar-refractivity contribution in [2.24, 2.45) is 4.99 Å².